The fraction of sp³-hybridized carbons (Fsp3) is 0.514. The van der Waals surface area contributed by atoms with E-state index in [4.69, 9.17) is 5.73 Å². The van der Waals surface area contributed by atoms with Crippen LogP contribution in [0.15, 0.2) is 60.7 Å². The van der Waals surface area contributed by atoms with Crippen molar-refractivity contribution in [3.63, 3.8) is 0 Å². The van der Waals surface area contributed by atoms with E-state index >= 15 is 0 Å². The molecule has 0 atom stereocenters. The second-order valence-electron chi connectivity index (χ2n) is 13.7. The molecule has 1 heterocycles. The average Bonchev–Trinajstić information content (AvgIpc) is 3.79. The van der Waals surface area contributed by atoms with Crippen molar-refractivity contribution >= 4 is 18.1 Å². The number of aliphatic hydroxyl groups is 1. The molecule has 242 valence electrons. The molecule has 2 aromatic carbocycles. The molecule has 1 aromatic heterocycles. The van der Waals surface area contributed by atoms with Gasteiger partial charge < -0.3 is 21.1 Å². The van der Waals surface area contributed by atoms with Gasteiger partial charge in [-0.05, 0) is 69.6 Å². The lowest BCUT2D eigenvalue weighted by Crippen LogP contribution is -2.58. The number of nitrogens with two attached hydrogens (primary N) is 1. The average molecular weight is 614 g/mol. The summed E-state index contributed by atoms with van der Waals surface area (Å²) in [6, 6.07) is 20.5. The molecular weight excluding hydrogens is 562 g/mol. The molecule has 3 aliphatic carbocycles. The Morgan fingerprint density at radius 2 is 1.58 bits per heavy atom. The van der Waals surface area contributed by atoms with Crippen LogP contribution in [0.5, 0.6) is 0 Å². The number of carbonyl (C=O) groups excluding carboxylic acids is 2. The molecule has 2 amide bonds. The molecule has 0 radical (unpaired) electrons. The summed E-state index contributed by atoms with van der Waals surface area (Å²) >= 11 is 0. The summed E-state index contributed by atoms with van der Waals surface area (Å²) in [5, 5.41) is 21.3. The fourth-order valence-electron chi connectivity index (χ4n) is 6.33. The molecule has 8 nitrogen and oxygen atoms in total. The first-order chi connectivity index (χ1) is 21.4. The highest BCUT2D eigenvalue weighted by Crippen LogP contribution is 2.46. The van der Waals surface area contributed by atoms with Gasteiger partial charge in [0.05, 0.1) is 5.60 Å². The first-order valence-electron chi connectivity index (χ1n) is 16.5. The molecule has 6 rings (SSSR count). The van der Waals surface area contributed by atoms with E-state index in [1.54, 1.807) is 0 Å². The first-order valence-corrected chi connectivity index (χ1v) is 16.5. The molecule has 0 unspecified atom stereocenters. The molecule has 8 heteroatoms. The third-order valence-corrected chi connectivity index (χ3v) is 8.89. The highest BCUT2D eigenvalue weighted by Gasteiger charge is 2.49. The number of carbonyl (C=O) groups is 2. The van der Waals surface area contributed by atoms with Gasteiger partial charge in [0.1, 0.15) is 5.69 Å². The molecule has 0 bridgehead atoms. The summed E-state index contributed by atoms with van der Waals surface area (Å²) < 4.78 is 0. The number of aromatic nitrogens is 2. The third-order valence-electron chi connectivity index (χ3n) is 8.89. The van der Waals surface area contributed by atoms with Gasteiger partial charge in [-0.25, -0.2) is 0 Å². The standard InChI is InChI=1S/C23H24N4O2.C10H19NO.C4H8/c1-15(28)25-20-12-19(16-6-4-3-5-7-16)21(27-26-20)17-8-10-18(11-9-17)23(24)13-22(2,29)14-23;1-9(2)11(8-12)10-6-4-3-5-7-10;1-4-2-3-4/h3-12,29H,13-14,24H2,1-2H3,(H,25,26,28);8-10H,3-7H2,1-2H3;4H,2-3H2,1H3. The first kappa shape index (κ1) is 34.3. The van der Waals surface area contributed by atoms with Crippen molar-refractivity contribution in [2.75, 3.05) is 5.32 Å². The molecule has 0 aliphatic heterocycles. The van der Waals surface area contributed by atoms with Crippen LogP contribution in [-0.4, -0.2) is 50.2 Å². The van der Waals surface area contributed by atoms with Crippen LogP contribution in [0, 0.1) is 5.92 Å². The number of amides is 2. The summed E-state index contributed by atoms with van der Waals surface area (Å²) in [5.74, 6) is 1.30. The Labute approximate surface area is 268 Å². The Kier molecular flexibility index (Phi) is 11.5. The van der Waals surface area contributed by atoms with Gasteiger partial charge in [-0.15, -0.1) is 10.2 Å². The van der Waals surface area contributed by atoms with Crippen LogP contribution in [0.3, 0.4) is 0 Å². The summed E-state index contributed by atoms with van der Waals surface area (Å²) in [7, 11) is 0. The van der Waals surface area contributed by atoms with Crippen LogP contribution in [0.2, 0.25) is 0 Å². The summed E-state index contributed by atoms with van der Waals surface area (Å²) in [5.41, 5.74) is 9.75. The predicted octanol–water partition coefficient (Wildman–Crippen LogP) is 7.07. The van der Waals surface area contributed by atoms with Crippen molar-refractivity contribution in [1.82, 2.24) is 15.1 Å². The lowest BCUT2D eigenvalue weighted by Gasteiger charge is -2.49. The minimum absolute atomic E-state index is 0.194. The monoisotopic (exact) mass is 613 g/mol. The van der Waals surface area contributed by atoms with Gasteiger partial charge in [0.2, 0.25) is 12.3 Å². The number of benzene rings is 2. The third kappa shape index (κ3) is 9.68. The van der Waals surface area contributed by atoms with Crippen LogP contribution < -0.4 is 11.1 Å². The molecule has 3 aromatic rings. The number of hydrogen-bond acceptors (Lipinski definition) is 6. The van der Waals surface area contributed by atoms with Crippen LogP contribution in [0.25, 0.3) is 22.4 Å². The molecule has 3 fully saturated rings. The molecule has 3 saturated carbocycles. The number of nitrogens with one attached hydrogen (secondary N) is 1. The van der Waals surface area contributed by atoms with Crippen molar-refractivity contribution in [3.05, 3.63) is 66.2 Å². The summed E-state index contributed by atoms with van der Waals surface area (Å²) in [6.45, 7) is 9.70. The van der Waals surface area contributed by atoms with Crippen molar-refractivity contribution in [2.45, 2.75) is 116 Å². The maximum atomic E-state index is 11.4. The maximum Gasteiger partial charge on any atom is 0.222 e. The van der Waals surface area contributed by atoms with E-state index in [0.29, 0.717) is 30.7 Å². The molecular formula is C37H51N5O3. The van der Waals surface area contributed by atoms with E-state index in [-0.39, 0.29) is 5.91 Å². The molecule has 4 N–H and O–H groups in total. The normalized spacial score (nSPS) is 22.6. The van der Waals surface area contributed by atoms with Crippen molar-refractivity contribution < 1.29 is 14.7 Å². The Morgan fingerprint density at radius 3 is 2.07 bits per heavy atom. The summed E-state index contributed by atoms with van der Waals surface area (Å²) in [4.78, 5) is 24.2. The van der Waals surface area contributed by atoms with Crippen LogP contribution in [0.4, 0.5) is 5.82 Å². The highest BCUT2D eigenvalue weighted by molar-refractivity contribution is 5.90. The zero-order chi connectivity index (χ0) is 32.6. The SMILES string of the molecule is CC(=O)Nc1cc(-c2ccccc2)c(-c2ccc(C3(N)CC(C)(O)C3)cc2)nn1.CC(C)N(C=O)C1CCCCC1.CC1CC1. The Balaban J connectivity index is 0.000000236. The van der Waals surface area contributed by atoms with Crippen molar-refractivity contribution in [1.29, 1.82) is 0 Å². The van der Waals surface area contributed by atoms with Gasteiger partial charge in [-0.1, -0.05) is 93.6 Å². The number of anilines is 1. The Hall–Kier alpha value is -3.62. The minimum Gasteiger partial charge on any atom is -0.390 e. The predicted molar refractivity (Wildman–Crippen MR) is 181 cm³/mol. The molecule has 3 aliphatic rings. The van der Waals surface area contributed by atoms with Gasteiger partial charge in [0.15, 0.2) is 5.82 Å². The fourth-order valence-corrected chi connectivity index (χ4v) is 6.33. The minimum atomic E-state index is -0.696. The van der Waals surface area contributed by atoms with Crippen LogP contribution in [0.1, 0.15) is 98.0 Å². The van der Waals surface area contributed by atoms with Crippen molar-refractivity contribution in [2.24, 2.45) is 11.7 Å². The molecule has 45 heavy (non-hydrogen) atoms. The van der Waals surface area contributed by atoms with Crippen LogP contribution >= 0.6 is 0 Å². The Morgan fingerprint density at radius 1 is 0.978 bits per heavy atom. The Bertz CT molecular complexity index is 1390. The van der Waals surface area contributed by atoms with E-state index in [0.717, 1.165) is 40.3 Å². The lowest BCUT2D eigenvalue weighted by atomic mass is 9.63. The van der Waals surface area contributed by atoms with Crippen molar-refractivity contribution in [3.8, 4) is 22.4 Å². The zero-order valence-electron chi connectivity index (χ0n) is 27.6. The second kappa shape index (κ2) is 15.1. The largest absolute Gasteiger partial charge is 0.390 e. The van der Waals surface area contributed by atoms with E-state index < -0.39 is 11.1 Å². The van der Waals surface area contributed by atoms with E-state index in [9.17, 15) is 14.7 Å². The van der Waals surface area contributed by atoms with Gasteiger partial charge in [0.25, 0.3) is 0 Å². The molecule has 0 spiro atoms. The quantitative estimate of drug-likeness (QED) is 0.245. The zero-order valence-corrected chi connectivity index (χ0v) is 27.6. The topological polar surface area (TPSA) is 121 Å². The molecule has 0 saturated heterocycles. The van der Waals surface area contributed by atoms with E-state index in [1.165, 1.54) is 51.9 Å². The van der Waals surface area contributed by atoms with Gasteiger partial charge in [-0.3, -0.25) is 9.59 Å². The number of nitrogens with zero attached hydrogens (tertiary/aromatic N) is 3. The number of hydrogen-bond donors (Lipinski definition) is 3. The highest BCUT2D eigenvalue weighted by atomic mass is 16.3. The van der Waals surface area contributed by atoms with E-state index in [2.05, 4.69) is 36.3 Å². The van der Waals surface area contributed by atoms with Gasteiger partial charge in [0, 0.05) is 35.7 Å². The van der Waals surface area contributed by atoms with Crippen LogP contribution in [-0.2, 0) is 15.1 Å². The maximum absolute atomic E-state index is 11.4. The smallest absolute Gasteiger partial charge is 0.222 e. The van der Waals surface area contributed by atoms with E-state index in [1.807, 2.05) is 72.5 Å². The number of rotatable bonds is 7. The second-order valence-corrected chi connectivity index (χ2v) is 13.7. The van der Waals surface area contributed by atoms with Gasteiger partial charge >= 0.3 is 0 Å². The van der Waals surface area contributed by atoms with Gasteiger partial charge in [-0.2, -0.15) is 0 Å². The lowest BCUT2D eigenvalue weighted by molar-refractivity contribution is -0.122. The summed E-state index contributed by atoms with van der Waals surface area (Å²) in [6.07, 6.45) is 11.4.